The molecule has 1 aromatic rings. The van der Waals surface area contributed by atoms with E-state index in [4.69, 9.17) is 16.3 Å². The molecule has 2 saturated heterocycles. The van der Waals surface area contributed by atoms with Crippen LogP contribution >= 0.6 is 11.6 Å². The molecule has 9 heteroatoms. The molecule has 1 atom stereocenters. The number of piperazine rings is 1. The molecule has 1 aromatic carbocycles. The molecule has 2 aliphatic heterocycles. The number of carbonyl (C=O) groups is 2. The zero-order valence-electron chi connectivity index (χ0n) is 17.4. The Bertz CT molecular complexity index is 759. The van der Waals surface area contributed by atoms with E-state index in [9.17, 15) is 9.59 Å². The lowest BCUT2D eigenvalue weighted by Gasteiger charge is -2.37. The van der Waals surface area contributed by atoms with E-state index in [0.29, 0.717) is 43.4 Å². The number of carbonyl (C=O) groups excluding carboxylic acids is 2. The van der Waals surface area contributed by atoms with Gasteiger partial charge in [-0.25, -0.2) is 0 Å². The van der Waals surface area contributed by atoms with E-state index in [-0.39, 0.29) is 17.9 Å². The highest BCUT2D eigenvalue weighted by molar-refractivity contribution is 6.33. The summed E-state index contributed by atoms with van der Waals surface area (Å²) in [5.74, 6) is 0.701. The first-order chi connectivity index (χ1) is 14.6. The molecular weight excluding hydrogens is 406 g/mol. The lowest BCUT2D eigenvalue weighted by atomic mass is 10.2. The van der Waals surface area contributed by atoms with Crippen LogP contribution in [0.4, 0.5) is 0 Å². The number of nitrogens with zero attached hydrogens (tertiary/aromatic N) is 3. The predicted octanol–water partition coefficient (Wildman–Crippen LogP) is 1.36. The molecule has 3 rings (SSSR count). The van der Waals surface area contributed by atoms with Gasteiger partial charge in [0.1, 0.15) is 6.10 Å². The Hall–Kier alpha value is -2.32. The van der Waals surface area contributed by atoms with Gasteiger partial charge >= 0.3 is 0 Å². The number of amides is 2. The van der Waals surface area contributed by atoms with Gasteiger partial charge in [0.2, 0.25) is 0 Å². The van der Waals surface area contributed by atoms with Crippen molar-refractivity contribution in [1.82, 2.24) is 20.4 Å². The van der Waals surface area contributed by atoms with Crippen molar-refractivity contribution in [3.05, 3.63) is 34.9 Å². The highest BCUT2D eigenvalue weighted by atomic mass is 35.5. The minimum atomic E-state index is -0.264. The maximum absolute atomic E-state index is 12.5. The second kappa shape index (κ2) is 11.2. The predicted molar refractivity (Wildman–Crippen MR) is 117 cm³/mol. The van der Waals surface area contributed by atoms with Crippen LogP contribution in [0.25, 0.3) is 0 Å². The van der Waals surface area contributed by atoms with E-state index >= 15 is 0 Å². The second-order valence-electron chi connectivity index (χ2n) is 7.29. The number of nitrogens with one attached hydrogen (secondary N) is 2. The lowest BCUT2D eigenvalue weighted by Crippen LogP contribution is -2.55. The summed E-state index contributed by atoms with van der Waals surface area (Å²) in [5.41, 5.74) is 0.460. The Kier molecular flexibility index (Phi) is 8.33. The Morgan fingerprint density at radius 2 is 1.90 bits per heavy atom. The van der Waals surface area contributed by atoms with Gasteiger partial charge in [0.25, 0.3) is 11.8 Å². The molecule has 2 N–H and O–H groups in total. The van der Waals surface area contributed by atoms with E-state index in [1.165, 1.54) is 0 Å². The SMILES string of the molecule is CCNC(=NCCNC(=O)c1ccccc1Cl)N1CCN(C(=O)C2CCCO2)CC1. The van der Waals surface area contributed by atoms with Crippen molar-refractivity contribution < 1.29 is 14.3 Å². The van der Waals surface area contributed by atoms with Gasteiger partial charge < -0.3 is 25.2 Å². The Morgan fingerprint density at radius 3 is 2.57 bits per heavy atom. The van der Waals surface area contributed by atoms with Crippen LogP contribution in [0.5, 0.6) is 0 Å². The minimum absolute atomic E-state index is 0.108. The van der Waals surface area contributed by atoms with Crippen molar-refractivity contribution in [3.63, 3.8) is 0 Å². The molecular formula is C21H30ClN5O3. The summed E-state index contributed by atoms with van der Waals surface area (Å²) in [6.45, 7) is 7.07. The number of hydrogen-bond acceptors (Lipinski definition) is 4. The van der Waals surface area contributed by atoms with Gasteiger partial charge in [0.15, 0.2) is 5.96 Å². The molecule has 0 aromatic heterocycles. The first-order valence-electron chi connectivity index (χ1n) is 10.6. The van der Waals surface area contributed by atoms with Crippen LogP contribution in [0.15, 0.2) is 29.3 Å². The quantitative estimate of drug-likeness (QED) is 0.400. The third-order valence-electron chi connectivity index (χ3n) is 5.21. The fraction of sp³-hybridized carbons (Fsp3) is 0.571. The zero-order valence-corrected chi connectivity index (χ0v) is 18.2. The lowest BCUT2D eigenvalue weighted by molar-refractivity contribution is -0.142. The standard InChI is InChI=1S/C21H30ClN5O3/c1-2-23-21(25-10-9-24-19(28)16-6-3-4-7-17(16)22)27-13-11-26(12-14-27)20(29)18-8-5-15-30-18/h3-4,6-7,18H,2,5,8-15H2,1H3,(H,23,25)(H,24,28). The largest absolute Gasteiger partial charge is 0.368 e. The third kappa shape index (κ3) is 5.86. The van der Waals surface area contributed by atoms with Crippen LogP contribution < -0.4 is 10.6 Å². The van der Waals surface area contributed by atoms with Crippen LogP contribution in [0.1, 0.15) is 30.1 Å². The van der Waals surface area contributed by atoms with Crippen LogP contribution in [-0.4, -0.2) is 86.1 Å². The Balaban J connectivity index is 1.47. The van der Waals surface area contributed by atoms with Gasteiger partial charge in [-0.3, -0.25) is 14.6 Å². The minimum Gasteiger partial charge on any atom is -0.368 e. The second-order valence-corrected chi connectivity index (χ2v) is 7.69. The summed E-state index contributed by atoms with van der Waals surface area (Å²) in [4.78, 5) is 33.4. The molecule has 8 nitrogen and oxygen atoms in total. The molecule has 2 aliphatic rings. The summed E-state index contributed by atoms with van der Waals surface area (Å²) >= 11 is 6.06. The first-order valence-corrected chi connectivity index (χ1v) is 10.9. The summed E-state index contributed by atoms with van der Waals surface area (Å²) < 4.78 is 5.52. The molecule has 164 valence electrons. The van der Waals surface area contributed by atoms with E-state index in [1.54, 1.807) is 24.3 Å². The van der Waals surface area contributed by atoms with E-state index in [2.05, 4.69) is 20.5 Å². The van der Waals surface area contributed by atoms with Crippen LogP contribution in [-0.2, 0) is 9.53 Å². The average Bonchev–Trinajstić information content (AvgIpc) is 3.30. The summed E-state index contributed by atoms with van der Waals surface area (Å²) in [7, 11) is 0. The van der Waals surface area contributed by atoms with Crippen molar-refractivity contribution in [2.45, 2.75) is 25.9 Å². The summed E-state index contributed by atoms with van der Waals surface area (Å²) in [5, 5.41) is 6.58. The van der Waals surface area contributed by atoms with Gasteiger partial charge in [0, 0.05) is 45.9 Å². The summed E-state index contributed by atoms with van der Waals surface area (Å²) in [6.07, 6.45) is 1.52. The highest BCUT2D eigenvalue weighted by Crippen LogP contribution is 2.16. The Labute approximate surface area is 182 Å². The van der Waals surface area contributed by atoms with Crippen molar-refractivity contribution in [2.75, 3.05) is 52.4 Å². The maximum Gasteiger partial charge on any atom is 0.252 e. The molecule has 0 spiro atoms. The molecule has 0 saturated carbocycles. The fourth-order valence-electron chi connectivity index (χ4n) is 3.61. The highest BCUT2D eigenvalue weighted by Gasteiger charge is 2.30. The molecule has 0 bridgehead atoms. The van der Waals surface area contributed by atoms with Crippen LogP contribution in [0.3, 0.4) is 0 Å². The van der Waals surface area contributed by atoms with Crippen molar-refractivity contribution >= 4 is 29.4 Å². The van der Waals surface area contributed by atoms with Gasteiger partial charge in [-0.1, -0.05) is 23.7 Å². The van der Waals surface area contributed by atoms with Crippen molar-refractivity contribution in [1.29, 1.82) is 0 Å². The zero-order chi connectivity index (χ0) is 21.3. The van der Waals surface area contributed by atoms with Crippen LogP contribution in [0, 0.1) is 0 Å². The number of guanidine groups is 1. The van der Waals surface area contributed by atoms with Crippen molar-refractivity contribution in [2.24, 2.45) is 4.99 Å². The van der Waals surface area contributed by atoms with E-state index < -0.39 is 0 Å². The Morgan fingerprint density at radius 1 is 1.17 bits per heavy atom. The van der Waals surface area contributed by atoms with Gasteiger partial charge in [-0.05, 0) is 31.9 Å². The van der Waals surface area contributed by atoms with E-state index in [1.807, 2.05) is 11.8 Å². The molecule has 1 unspecified atom stereocenters. The number of hydrogen-bond donors (Lipinski definition) is 2. The van der Waals surface area contributed by atoms with Crippen molar-refractivity contribution in [3.8, 4) is 0 Å². The molecule has 0 radical (unpaired) electrons. The molecule has 0 aliphatic carbocycles. The molecule has 2 heterocycles. The van der Waals surface area contributed by atoms with Crippen LogP contribution in [0.2, 0.25) is 5.02 Å². The molecule has 2 fully saturated rings. The fourth-order valence-corrected chi connectivity index (χ4v) is 3.83. The smallest absolute Gasteiger partial charge is 0.252 e. The number of aliphatic imine (C=N–C) groups is 1. The first kappa shape index (κ1) is 22.4. The molecule has 2 amide bonds. The number of ether oxygens (including phenoxy) is 1. The average molecular weight is 436 g/mol. The number of rotatable bonds is 6. The third-order valence-corrected chi connectivity index (χ3v) is 5.54. The number of halogens is 1. The van der Waals surface area contributed by atoms with Gasteiger partial charge in [-0.15, -0.1) is 0 Å². The van der Waals surface area contributed by atoms with Gasteiger partial charge in [-0.2, -0.15) is 0 Å². The number of benzene rings is 1. The maximum atomic E-state index is 12.5. The summed E-state index contributed by atoms with van der Waals surface area (Å²) in [6, 6.07) is 6.97. The monoisotopic (exact) mass is 435 g/mol. The van der Waals surface area contributed by atoms with Gasteiger partial charge in [0.05, 0.1) is 17.1 Å². The normalized spacial score (nSPS) is 19.7. The van der Waals surface area contributed by atoms with E-state index in [0.717, 1.165) is 38.4 Å². The molecule has 30 heavy (non-hydrogen) atoms. The topological polar surface area (TPSA) is 86.3 Å².